The Balaban J connectivity index is 2.13. The van der Waals surface area contributed by atoms with E-state index in [1.165, 1.54) is 0 Å². The van der Waals surface area contributed by atoms with Crippen molar-refractivity contribution in [2.45, 2.75) is 13.3 Å². The first kappa shape index (κ1) is 9.40. The Morgan fingerprint density at radius 1 is 1.43 bits per heavy atom. The lowest BCUT2D eigenvalue weighted by atomic mass is 10.3. The fourth-order valence-electron chi connectivity index (χ4n) is 1.60. The van der Waals surface area contributed by atoms with Gasteiger partial charge in [-0.1, -0.05) is 6.92 Å². The molecule has 0 spiro atoms. The zero-order chi connectivity index (χ0) is 9.80. The molecule has 0 saturated carbocycles. The van der Waals surface area contributed by atoms with E-state index < -0.39 is 0 Å². The van der Waals surface area contributed by atoms with Gasteiger partial charge in [-0.05, 0) is 12.5 Å². The van der Waals surface area contributed by atoms with Crippen molar-refractivity contribution < 1.29 is 0 Å². The van der Waals surface area contributed by atoms with E-state index in [0.29, 0.717) is 0 Å². The molecule has 0 atom stereocenters. The van der Waals surface area contributed by atoms with Crippen molar-refractivity contribution in [3.8, 4) is 0 Å². The Kier molecular flexibility index (Phi) is 2.93. The second-order valence-electron chi connectivity index (χ2n) is 3.44. The van der Waals surface area contributed by atoms with E-state index in [0.717, 1.165) is 44.2 Å². The maximum atomic E-state index is 4.50. The lowest BCUT2D eigenvalue weighted by molar-refractivity contribution is 0.579. The van der Waals surface area contributed by atoms with Gasteiger partial charge >= 0.3 is 0 Å². The summed E-state index contributed by atoms with van der Waals surface area (Å²) in [6.07, 6.45) is 2.82. The highest BCUT2D eigenvalue weighted by atomic mass is 15.3. The molecule has 2 rings (SSSR count). The van der Waals surface area contributed by atoms with Crippen LogP contribution in [0.3, 0.4) is 0 Å². The van der Waals surface area contributed by atoms with Gasteiger partial charge in [0.2, 0.25) is 5.95 Å². The van der Waals surface area contributed by atoms with Gasteiger partial charge < -0.3 is 10.2 Å². The molecule has 0 unspecified atom stereocenters. The summed E-state index contributed by atoms with van der Waals surface area (Å²) >= 11 is 0. The first-order valence-electron chi connectivity index (χ1n) is 5.17. The number of anilines is 1. The van der Waals surface area contributed by atoms with Gasteiger partial charge in [0, 0.05) is 38.1 Å². The van der Waals surface area contributed by atoms with Gasteiger partial charge in [0.25, 0.3) is 0 Å². The molecule has 1 aromatic rings. The van der Waals surface area contributed by atoms with Gasteiger partial charge in [0.15, 0.2) is 0 Å². The molecule has 76 valence electrons. The van der Waals surface area contributed by atoms with E-state index in [1.807, 2.05) is 12.3 Å². The predicted octanol–water partition coefficient (Wildman–Crippen LogP) is 0.449. The maximum Gasteiger partial charge on any atom is 0.225 e. The minimum atomic E-state index is 0.880. The monoisotopic (exact) mass is 192 g/mol. The Labute approximate surface area is 84.4 Å². The molecule has 0 aromatic carbocycles. The third kappa shape index (κ3) is 2.01. The van der Waals surface area contributed by atoms with E-state index in [-0.39, 0.29) is 0 Å². The Morgan fingerprint density at radius 2 is 2.21 bits per heavy atom. The Bertz CT molecular complexity index is 294. The zero-order valence-corrected chi connectivity index (χ0v) is 8.53. The molecule has 0 bridgehead atoms. The molecule has 1 fully saturated rings. The summed E-state index contributed by atoms with van der Waals surface area (Å²) < 4.78 is 0. The van der Waals surface area contributed by atoms with Crippen LogP contribution in [0.15, 0.2) is 12.3 Å². The average molecular weight is 192 g/mol. The van der Waals surface area contributed by atoms with E-state index in [4.69, 9.17) is 0 Å². The van der Waals surface area contributed by atoms with Crippen molar-refractivity contribution >= 4 is 5.95 Å². The van der Waals surface area contributed by atoms with E-state index >= 15 is 0 Å². The molecular formula is C10H16N4. The average Bonchev–Trinajstić information content (AvgIpc) is 2.30. The summed E-state index contributed by atoms with van der Waals surface area (Å²) in [6.45, 7) is 6.18. The van der Waals surface area contributed by atoms with Crippen molar-refractivity contribution in [1.29, 1.82) is 0 Å². The van der Waals surface area contributed by atoms with Gasteiger partial charge in [-0.15, -0.1) is 0 Å². The quantitative estimate of drug-likeness (QED) is 0.738. The molecule has 1 N–H and O–H groups in total. The zero-order valence-electron chi connectivity index (χ0n) is 8.53. The van der Waals surface area contributed by atoms with Gasteiger partial charge in [-0.3, -0.25) is 0 Å². The Hall–Kier alpha value is -1.16. The van der Waals surface area contributed by atoms with Crippen molar-refractivity contribution in [1.82, 2.24) is 15.3 Å². The molecule has 4 heteroatoms. The van der Waals surface area contributed by atoms with Gasteiger partial charge in [-0.2, -0.15) is 0 Å². The number of nitrogens with zero attached hydrogens (tertiary/aromatic N) is 3. The minimum Gasteiger partial charge on any atom is -0.338 e. The number of rotatable bonds is 2. The topological polar surface area (TPSA) is 41.1 Å². The largest absolute Gasteiger partial charge is 0.338 e. The van der Waals surface area contributed by atoms with Crippen molar-refractivity contribution in [2.24, 2.45) is 0 Å². The lowest BCUT2D eigenvalue weighted by Gasteiger charge is -2.27. The number of piperazine rings is 1. The molecule has 0 amide bonds. The third-order valence-electron chi connectivity index (χ3n) is 2.46. The van der Waals surface area contributed by atoms with Crippen LogP contribution in [0.25, 0.3) is 0 Å². The fourth-order valence-corrected chi connectivity index (χ4v) is 1.60. The molecule has 1 aliphatic heterocycles. The fraction of sp³-hybridized carbons (Fsp3) is 0.600. The van der Waals surface area contributed by atoms with Crippen LogP contribution in [-0.2, 0) is 6.42 Å². The SMILES string of the molecule is CCc1ccnc(N2CCNCC2)n1. The van der Waals surface area contributed by atoms with Crippen molar-refractivity contribution in [3.63, 3.8) is 0 Å². The summed E-state index contributed by atoms with van der Waals surface area (Å²) in [4.78, 5) is 11.0. The van der Waals surface area contributed by atoms with Gasteiger partial charge in [0.1, 0.15) is 0 Å². The summed E-state index contributed by atoms with van der Waals surface area (Å²) in [5.41, 5.74) is 1.12. The molecule has 1 aliphatic rings. The van der Waals surface area contributed by atoms with E-state index in [1.54, 1.807) is 0 Å². The second kappa shape index (κ2) is 4.37. The van der Waals surface area contributed by atoms with Crippen LogP contribution in [0.1, 0.15) is 12.6 Å². The summed E-state index contributed by atoms with van der Waals surface area (Å²) in [5.74, 6) is 0.880. The Morgan fingerprint density at radius 3 is 2.93 bits per heavy atom. The summed E-state index contributed by atoms with van der Waals surface area (Å²) in [5, 5.41) is 3.32. The highest BCUT2D eigenvalue weighted by Crippen LogP contribution is 2.08. The molecule has 1 aromatic heterocycles. The standard InChI is InChI=1S/C10H16N4/c1-2-9-3-4-12-10(13-9)14-7-5-11-6-8-14/h3-4,11H,2,5-8H2,1H3. The number of hydrogen-bond acceptors (Lipinski definition) is 4. The smallest absolute Gasteiger partial charge is 0.225 e. The van der Waals surface area contributed by atoms with E-state index in [2.05, 4.69) is 27.1 Å². The second-order valence-corrected chi connectivity index (χ2v) is 3.44. The van der Waals surface area contributed by atoms with Crippen LogP contribution >= 0.6 is 0 Å². The number of aromatic nitrogens is 2. The van der Waals surface area contributed by atoms with Gasteiger partial charge in [0.05, 0.1) is 0 Å². The van der Waals surface area contributed by atoms with Gasteiger partial charge in [-0.25, -0.2) is 9.97 Å². The highest BCUT2D eigenvalue weighted by molar-refractivity contribution is 5.30. The number of aryl methyl sites for hydroxylation is 1. The molecular weight excluding hydrogens is 176 g/mol. The normalized spacial score (nSPS) is 17.1. The van der Waals surface area contributed by atoms with Crippen LogP contribution in [0.4, 0.5) is 5.95 Å². The number of hydrogen-bond donors (Lipinski definition) is 1. The van der Waals surface area contributed by atoms with Crippen LogP contribution < -0.4 is 10.2 Å². The van der Waals surface area contributed by atoms with E-state index in [9.17, 15) is 0 Å². The first-order valence-corrected chi connectivity index (χ1v) is 5.17. The first-order chi connectivity index (χ1) is 6.90. The van der Waals surface area contributed by atoms with Crippen LogP contribution in [0.5, 0.6) is 0 Å². The predicted molar refractivity (Wildman–Crippen MR) is 56.5 cm³/mol. The number of nitrogens with one attached hydrogen (secondary N) is 1. The summed E-state index contributed by atoms with van der Waals surface area (Å²) in [6, 6.07) is 1.98. The van der Waals surface area contributed by atoms with Crippen molar-refractivity contribution in [3.05, 3.63) is 18.0 Å². The van der Waals surface area contributed by atoms with Crippen LogP contribution in [0.2, 0.25) is 0 Å². The molecule has 1 saturated heterocycles. The molecule has 0 aliphatic carbocycles. The van der Waals surface area contributed by atoms with Crippen molar-refractivity contribution in [2.75, 3.05) is 31.1 Å². The molecule has 14 heavy (non-hydrogen) atoms. The van der Waals surface area contributed by atoms with Crippen LogP contribution in [-0.4, -0.2) is 36.1 Å². The highest BCUT2D eigenvalue weighted by Gasteiger charge is 2.12. The summed E-state index contributed by atoms with van der Waals surface area (Å²) in [7, 11) is 0. The third-order valence-corrected chi connectivity index (χ3v) is 2.46. The molecule has 4 nitrogen and oxygen atoms in total. The van der Waals surface area contributed by atoms with Crippen LogP contribution in [0, 0.1) is 0 Å². The lowest BCUT2D eigenvalue weighted by Crippen LogP contribution is -2.44. The molecule has 0 radical (unpaired) electrons. The minimum absolute atomic E-state index is 0.880. The maximum absolute atomic E-state index is 4.50. The molecule has 2 heterocycles.